The third kappa shape index (κ3) is 3.79. The van der Waals surface area contributed by atoms with Gasteiger partial charge in [-0.2, -0.15) is 0 Å². The average Bonchev–Trinajstić information content (AvgIpc) is 2.74. The van der Waals surface area contributed by atoms with Gasteiger partial charge in [0.25, 0.3) is 5.88 Å². The number of nitrogens with one attached hydrogen (secondary N) is 1. The molecule has 0 amide bonds. The number of anilines is 1. The van der Waals surface area contributed by atoms with Crippen LogP contribution < -0.4 is 4.72 Å². The fraction of sp³-hybridized carbons (Fsp3) is 0.231. The number of sulfonamides is 1. The molecular formula is C13H13Cl2NO5S. The molecule has 1 aromatic carbocycles. The van der Waals surface area contributed by atoms with E-state index in [0.717, 1.165) is 0 Å². The van der Waals surface area contributed by atoms with E-state index in [4.69, 9.17) is 27.6 Å². The lowest BCUT2D eigenvalue weighted by molar-refractivity contribution is 0.410. The van der Waals surface area contributed by atoms with Crippen LogP contribution in [0.2, 0.25) is 5.02 Å². The molecule has 22 heavy (non-hydrogen) atoms. The van der Waals surface area contributed by atoms with Crippen molar-refractivity contribution < 1.29 is 23.0 Å². The smallest absolute Gasteiger partial charge is 0.253 e. The highest BCUT2D eigenvalue weighted by molar-refractivity contribution is 7.92. The fourth-order valence-corrected chi connectivity index (χ4v) is 3.18. The molecule has 0 aliphatic carbocycles. The van der Waals surface area contributed by atoms with Crippen molar-refractivity contribution >= 4 is 39.1 Å². The molecule has 0 aliphatic heterocycles. The lowest BCUT2D eigenvalue weighted by Crippen LogP contribution is -2.16. The molecule has 0 radical (unpaired) electrons. The summed E-state index contributed by atoms with van der Waals surface area (Å²) in [4.78, 5) is 0. The van der Waals surface area contributed by atoms with E-state index in [9.17, 15) is 18.6 Å². The number of benzene rings is 1. The van der Waals surface area contributed by atoms with Crippen molar-refractivity contribution in [2.75, 3.05) is 16.4 Å². The quantitative estimate of drug-likeness (QED) is 0.681. The molecule has 0 unspecified atom stereocenters. The number of hydrogen-bond donors (Lipinski definition) is 3. The Hall–Kier alpha value is -1.57. The molecule has 0 bridgehead atoms. The van der Waals surface area contributed by atoms with Crippen molar-refractivity contribution in [3.8, 4) is 22.8 Å². The van der Waals surface area contributed by atoms with E-state index >= 15 is 0 Å². The molecule has 0 fully saturated rings. The minimum absolute atomic E-state index is 0.0655. The topological polar surface area (TPSA) is 99.8 Å². The maximum Gasteiger partial charge on any atom is 0.253 e. The van der Waals surface area contributed by atoms with Crippen molar-refractivity contribution in [3.05, 3.63) is 29.3 Å². The van der Waals surface area contributed by atoms with Gasteiger partial charge in [-0.15, -0.1) is 11.6 Å². The maximum atomic E-state index is 11.8. The lowest BCUT2D eigenvalue weighted by Gasteiger charge is -2.04. The first-order valence-electron chi connectivity index (χ1n) is 6.21. The zero-order valence-electron chi connectivity index (χ0n) is 11.2. The number of halogens is 2. The van der Waals surface area contributed by atoms with Crippen molar-refractivity contribution in [1.29, 1.82) is 0 Å². The Kier molecular flexibility index (Phi) is 5.10. The minimum Gasteiger partial charge on any atom is -0.502 e. The summed E-state index contributed by atoms with van der Waals surface area (Å²) < 4.78 is 30.8. The molecular weight excluding hydrogens is 353 g/mol. The van der Waals surface area contributed by atoms with Crippen LogP contribution in [-0.2, 0) is 10.0 Å². The second-order valence-corrected chi connectivity index (χ2v) is 7.08. The van der Waals surface area contributed by atoms with Gasteiger partial charge in [0.2, 0.25) is 21.5 Å². The van der Waals surface area contributed by atoms with Crippen LogP contribution in [0.1, 0.15) is 6.42 Å². The first-order valence-corrected chi connectivity index (χ1v) is 8.77. The monoisotopic (exact) mass is 365 g/mol. The standard InChI is InChI=1S/C13H13Cl2NO5S/c14-6-1-7-22(19,20)16-13-11(18)10(17)12(21-13)8-2-4-9(15)5-3-8/h2-5,16-18H,1,6-7H2. The minimum atomic E-state index is -3.73. The van der Waals surface area contributed by atoms with E-state index in [0.29, 0.717) is 10.6 Å². The van der Waals surface area contributed by atoms with Gasteiger partial charge in [0.15, 0.2) is 5.76 Å². The van der Waals surface area contributed by atoms with Crippen LogP contribution in [0.4, 0.5) is 5.88 Å². The van der Waals surface area contributed by atoms with E-state index in [-0.39, 0.29) is 23.8 Å². The molecule has 120 valence electrons. The van der Waals surface area contributed by atoms with Crippen molar-refractivity contribution in [1.82, 2.24) is 0 Å². The van der Waals surface area contributed by atoms with E-state index in [1.54, 1.807) is 24.3 Å². The normalized spacial score (nSPS) is 11.5. The molecule has 0 saturated carbocycles. The Labute approximate surface area is 137 Å². The Morgan fingerprint density at radius 1 is 1.14 bits per heavy atom. The predicted molar refractivity (Wildman–Crippen MR) is 85.2 cm³/mol. The number of aromatic hydroxyl groups is 2. The first-order chi connectivity index (χ1) is 10.3. The molecule has 9 heteroatoms. The summed E-state index contributed by atoms with van der Waals surface area (Å²) in [5, 5.41) is 20.2. The van der Waals surface area contributed by atoms with Crippen LogP contribution in [0.25, 0.3) is 11.3 Å². The molecule has 1 aromatic heterocycles. The SMILES string of the molecule is O=S(=O)(CCCCl)Nc1oc(-c2ccc(Cl)cc2)c(O)c1O. The molecule has 2 rings (SSSR count). The summed E-state index contributed by atoms with van der Waals surface area (Å²) in [6.07, 6.45) is 0.244. The molecule has 1 heterocycles. The van der Waals surface area contributed by atoms with Crippen LogP contribution in [0.5, 0.6) is 11.5 Å². The summed E-state index contributed by atoms with van der Waals surface area (Å²) in [6, 6.07) is 6.26. The second-order valence-electron chi connectivity index (χ2n) is 4.43. The molecule has 2 aromatic rings. The van der Waals surface area contributed by atoms with Crippen LogP contribution in [0.3, 0.4) is 0 Å². The summed E-state index contributed by atoms with van der Waals surface area (Å²) in [7, 11) is -3.73. The Morgan fingerprint density at radius 2 is 1.77 bits per heavy atom. The largest absolute Gasteiger partial charge is 0.502 e. The third-order valence-corrected chi connectivity index (χ3v) is 4.60. The average molecular weight is 366 g/mol. The van der Waals surface area contributed by atoms with Gasteiger partial charge in [-0.3, -0.25) is 0 Å². The molecule has 3 N–H and O–H groups in total. The van der Waals surface area contributed by atoms with Gasteiger partial charge in [0.1, 0.15) is 0 Å². The van der Waals surface area contributed by atoms with Crippen LogP contribution in [0.15, 0.2) is 28.7 Å². The number of hydrogen-bond acceptors (Lipinski definition) is 5. The second kappa shape index (κ2) is 6.68. The summed E-state index contributed by atoms with van der Waals surface area (Å²) in [6.45, 7) is 0. The first kappa shape index (κ1) is 16.8. The van der Waals surface area contributed by atoms with E-state index in [2.05, 4.69) is 4.72 Å². The zero-order valence-corrected chi connectivity index (χ0v) is 13.5. The van der Waals surface area contributed by atoms with Gasteiger partial charge >= 0.3 is 0 Å². The Balaban J connectivity index is 2.32. The van der Waals surface area contributed by atoms with E-state index in [1.807, 2.05) is 0 Å². The van der Waals surface area contributed by atoms with Crippen LogP contribution in [-0.4, -0.2) is 30.3 Å². The van der Waals surface area contributed by atoms with Crippen LogP contribution in [0, 0.1) is 0 Å². The highest BCUT2D eigenvalue weighted by Crippen LogP contribution is 2.45. The zero-order chi connectivity index (χ0) is 16.3. The van der Waals surface area contributed by atoms with Crippen molar-refractivity contribution in [2.45, 2.75) is 6.42 Å². The highest BCUT2D eigenvalue weighted by Gasteiger charge is 2.24. The number of furan rings is 1. The van der Waals surface area contributed by atoms with Gasteiger partial charge < -0.3 is 14.6 Å². The van der Waals surface area contributed by atoms with E-state index < -0.39 is 27.4 Å². The molecule has 0 aliphatic rings. The van der Waals surface area contributed by atoms with Gasteiger partial charge in [-0.1, -0.05) is 11.6 Å². The van der Waals surface area contributed by atoms with E-state index in [1.165, 1.54) is 0 Å². The summed E-state index contributed by atoms with van der Waals surface area (Å²) in [5.74, 6) is -1.79. The third-order valence-electron chi connectivity index (χ3n) is 2.76. The summed E-state index contributed by atoms with van der Waals surface area (Å²) in [5.41, 5.74) is 0.434. The van der Waals surface area contributed by atoms with Gasteiger partial charge in [-0.25, -0.2) is 13.1 Å². The van der Waals surface area contributed by atoms with Gasteiger partial charge in [0, 0.05) is 16.5 Å². The van der Waals surface area contributed by atoms with Crippen LogP contribution >= 0.6 is 23.2 Å². The molecule has 6 nitrogen and oxygen atoms in total. The van der Waals surface area contributed by atoms with Crippen molar-refractivity contribution in [3.63, 3.8) is 0 Å². The fourth-order valence-electron chi connectivity index (χ4n) is 1.72. The molecule has 0 spiro atoms. The summed E-state index contributed by atoms with van der Waals surface area (Å²) >= 11 is 11.2. The predicted octanol–water partition coefficient (Wildman–Crippen LogP) is 3.38. The maximum absolute atomic E-state index is 11.8. The molecule has 0 saturated heterocycles. The van der Waals surface area contributed by atoms with Gasteiger partial charge in [0.05, 0.1) is 5.75 Å². The van der Waals surface area contributed by atoms with Gasteiger partial charge in [-0.05, 0) is 30.7 Å². The van der Waals surface area contributed by atoms with Crippen molar-refractivity contribution in [2.24, 2.45) is 0 Å². The lowest BCUT2D eigenvalue weighted by atomic mass is 10.1. The number of alkyl halides is 1. The Bertz CT molecular complexity index is 755. The number of rotatable bonds is 6. The molecule has 0 atom stereocenters. The Morgan fingerprint density at radius 3 is 2.36 bits per heavy atom. The highest BCUT2D eigenvalue weighted by atomic mass is 35.5.